The Balaban J connectivity index is 1.26. The molecule has 1 saturated heterocycles. The third-order valence-corrected chi connectivity index (χ3v) is 5.59. The van der Waals surface area contributed by atoms with Crippen LogP contribution in [0.3, 0.4) is 0 Å². The summed E-state index contributed by atoms with van der Waals surface area (Å²) in [6, 6.07) is 16.3. The van der Waals surface area contributed by atoms with Crippen LogP contribution >= 0.6 is 0 Å². The zero-order valence-corrected chi connectivity index (χ0v) is 17.7. The smallest absolute Gasteiger partial charge is 0.229 e. The van der Waals surface area contributed by atoms with Crippen LogP contribution in [0.25, 0.3) is 6.08 Å². The highest BCUT2D eigenvalue weighted by Gasteiger charge is 2.14. The first kappa shape index (κ1) is 19.6. The van der Waals surface area contributed by atoms with E-state index in [1.54, 1.807) is 6.20 Å². The molecule has 3 aromatic rings. The number of fused-ring (bicyclic) bond motifs is 1. The summed E-state index contributed by atoms with van der Waals surface area (Å²) in [5.74, 6) is 2.14. The fourth-order valence-electron chi connectivity index (χ4n) is 4.11. The van der Waals surface area contributed by atoms with Gasteiger partial charge in [-0.25, -0.2) is 4.98 Å². The van der Waals surface area contributed by atoms with Gasteiger partial charge in [-0.1, -0.05) is 23.8 Å². The van der Waals surface area contributed by atoms with Gasteiger partial charge in [-0.3, -0.25) is 0 Å². The Labute approximate surface area is 182 Å². The molecule has 6 heteroatoms. The molecule has 1 aliphatic heterocycles. The highest BCUT2D eigenvalue weighted by atomic mass is 16.5. The molecule has 2 aliphatic rings. The minimum atomic E-state index is 0.221. The average Bonchev–Trinajstić information content (AvgIpc) is 3.14. The van der Waals surface area contributed by atoms with Gasteiger partial charge < -0.3 is 20.7 Å². The van der Waals surface area contributed by atoms with Gasteiger partial charge in [0.25, 0.3) is 0 Å². The molecule has 1 unspecified atom stereocenters. The van der Waals surface area contributed by atoms with E-state index in [9.17, 15) is 0 Å². The predicted octanol–water partition coefficient (Wildman–Crippen LogP) is 5.05. The highest BCUT2D eigenvalue weighted by molar-refractivity contribution is 5.70. The van der Waals surface area contributed by atoms with Crippen LogP contribution in [0, 0.1) is 0 Å². The number of benzene rings is 2. The van der Waals surface area contributed by atoms with Gasteiger partial charge in [0, 0.05) is 30.2 Å². The number of ether oxygens (including phenoxy) is 1. The third kappa shape index (κ3) is 4.86. The number of hydrogen-bond acceptors (Lipinski definition) is 6. The van der Waals surface area contributed by atoms with Crippen molar-refractivity contribution in [3.8, 4) is 5.75 Å². The number of nitrogens with zero attached hydrogens (tertiary/aromatic N) is 2. The minimum Gasteiger partial charge on any atom is -0.489 e. The summed E-state index contributed by atoms with van der Waals surface area (Å²) in [6.07, 6.45) is 7.49. The molecule has 0 radical (unpaired) electrons. The van der Waals surface area contributed by atoms with E-state index in [2.05, 4.69) is 57.1 Å². The lowest BCUT2D eigenvalue weighted by molar-refractivity contribution is 0.167. The lowest BCUT2D eigenvalue weighted by Crippen LogP contribution is -2.37. The predicted molar refractivity (Wildman–Crippen MR) is 125 cm³/mol. The molecule has 31 heavy (non-hydrogen) atoms. The van der Waals surface area contributed by atoms with Gasteiger partial charge in [0.2, 0.25) is 5.95 Å². The number of anilines is 4. The van der Waals surface area contributed by atoms with Crippen molar-refractivity contribution in [2.45, 2.75) is 32.3 Å². The Morgan fingerprint density at radius 3 is 2.90 bits per heavy atom. The van der Waals surface area contributed by atoms with Gasteiger partial charge in [0.1, 0.15) is 17.7 Å². The molecule has 0 bridgehead atoms. The molecule has 158 valence electrons. The van der Waals surface area contributed by atoms with Crippen LogP contribution in [0.1, 0.15) is 30.9 Å². The molecule has 2 aromatic carbocycles. The van der Waals surface area contributed by atoms with Crippen LogP contribution in [0.5, 0.6) is 5.75 Å². The quantitative estimate of drug-likeness (QED) is 0.525. The monoisotopic (exact) mass is 413 g/mol. The number of hydrogen-bond donors (Lipinski definition) is 3. The molecule has 6 nitrogen and oxygen atoms in total. The molecule has 1 fully saturated rings. The van der Waals surface area contributed by atoms with Crippen LogP contribution < -0.4 is 20.7 Å². The summed E-state index contributed by atoms with van der Waals surface area (Å²) in [5, 5.41) is 10.1. The lowest BCUT2D eigenvalue weighted by atomic mass is 10.1. The van der Waals surface area contributed by atoms with Crippen LogP contribution in [-0.4, -0.2) is 29.2 Å². The van der Waals surface area contributed by atoms with Gasteiger partial charge in [-0.05, 0) is 74.2 Å². The van der Waals surface area contributed by atoms with Gasteiger partial charge in [-0.2, -0.15) is 4.98 Å². The van der Waals surface area contributed by atoms with Crippen molar-refractivity contribution in [1.29, 1.82) is 0 Å². The van der Waals surface area contributed by atoms with Gasteiger partial charge >= 0.3 is 0 Å². The van der Waals surface area contributed by atoms with Crippen molar-refractivity contribution in [3.05, 3.63) is 71.4 Å². The largest absolute Gasteiger partial charge is 0.489 e. The summed E-state index contributed by atoms with van der Waals surface area (Å²) in [6.45, 7) is 4.14. The Bertz CT molecular complexity index is 1100. The second kappa shape index (κ2) is 8.78. The molecule has 2 heterocycles. The summed E-state index contributed by atoms with van der Waals surface area (Å²) in [7, 11) is 0. The second-order valence-corrected chi connectivity index (χ2v) is 8.21. The Kier molecular flexibility index (Phi) is 5.54. The van der Waals surface area contributed by atoms with E-state index < -0.39 is 0 Å². The van der Waals surface area contributed by atoms with Crippen LogP contribution in [0.15, 0.2) is 60.3 Å². The van der Waals surface area contributed by atoms with E-state index in [1.807, 2.05) is 30.3 Å². The molecule has 0 saturated carbocycles. The topological polar surface area (TPSA) is 71.1 Å². The normalized spacial score (nSPS) is 17.6. The molecular weight excluding hydrogens is 386 g/mol. The molecule has 1 aliphatic carbocycles. The van der Waals surface area contributed by atoms with E-state index >= 15 is 0 Å². The van der Waals surface area contributed by atoms with Crippen molar-refractivity contribution >= 4 is 29.2 Å². The highest BCUT2D eigenvalue weighted by Crippen LogP contribution is 2.28. The molecule has 5 rings (SSSR count). The maximum atomic E-state index is 6.12. The van der Waals surface area contributed by atoms with Crippen molar-refractivity contribution in [3.63, 3.8) is 0 Å². The van der Waals surface area contributed by atoms with Crippen molar-refractivity contribution < 1.29 is 4.74 Å². The van der Waals surface area contributed by atoms with E-state index in [0.29, 0.717) is 5.95 Å². The summed E-state index contributed by atoms with van der Waals surface area (Å²) >= 11 is 0. The zero-order chi connectivity index (χ0) is 21.0. The minimum absolute atomic E-state index is 0.221. The van der Waals surface area contributed by atoms with Crippen molar-refractivity contribution in [2.75, 3.05) is 23.7 Å². The first-order valence-electron chi connectivity index (χ1n) is 10.9. The third-order valence-electron chi connectivity index (χ3n) is 5.59. The lowest BCUT2D eigenvalue weighted by Gasteiger charge is -2.24. The van der Waals surface area contributed by atoms with E-state index in [-0.39, 0.29) is 6.10 Å². The standard InChI is InChI=1S/C25H27N5O/c1-17-12-18-7-8-21(14-19(18)13-17)28-24-9-11-27-25(30-24)29-20-4-2-5-22(15-20)31-23-6-3-10-26-16-23/h2,4-5,7-9,11,13-15,23,26H,3,6,10,12,16H2,1H3,(H2,27,28,29,30). The second-order valence-electron chi connectivity index (χ2n) is 8.21. The summed E-state index contributed by atoms with van der Waals surface area (Å²) in [4.78, 5) is 8.98. The maximum absolute atomic E-state index is 6.12. The molecule has 3 N–H and O–H groups in total. The average molecular weight is 414 g/mol. The first-order valence-corrected chi connectivity index (χ1v) is 10.9. The Morgan fingerprint density at radius 1 is 1.06 bits per heavy atom. The summed E-state index contributed by atoms with van der Waals surface area (Å²) < 4.78 is 6.12. The number of nitrogens with one attached hydrogen (secondary N) is 3. The number of rotatable bonds is 6. The Morgan fingerprint density at radius 2 is 2.00 bits per heavy atom. The molecule has 0 amide bonds. The van der Waals surface area contributed by atoms with Crippen LogP contribution in [0.2, 0.25) is 0 Å². The van der Waals surface area contributed by atoms with E-state index in [0.717, 1.165) is 55.3 Å². The van der Waals surface area contributed by atoms with E-state index in [4.69, 9.17) is 4.74 Å². The maximum Gasteiger partial charge on any atom is 0.229 e. The fraction of sp³-hybridized carbons (Fsp3) is 0.280. The molecule has 1 aromatic heterocycles. The SMILES string of the molecule is CC1=Cc2cc(Nc3ccnc(Nc4cccc(OC5CCCNC5)c4)n3)ccc2C1. The first-order chi connectivity index (χ1) is 15.2. The van der Waals surface area contributed by atoms with Crippen LogP contribution in [-0.2, 0) is 6.42 Å². The Hall–Kier alpha value is -3.38. The molecule has 1 atom stereocenters. The number of piperidine rings is 1. The van der Waals surface area contributed by atoms with Gasteiger partial charge in [0.15, 0.2) is 0 Å². The van der Waals surface area contributed by atoms with Crippen molar-refractivity contribution in [2.24, 2.45) is 0 Å². The number of aromatic nitrogens is 2. The van der Waals surface area contributed by atoms with Crippen molar-refractivity contribution in [1.82, 2.24) is 15.3 Å². The number of allylic oxidation sites excluding steroid dienone is 1. The van der Waals surface area contributed by atoms with Gasteiger partial charge in [0.05, 0.1) is 0 Å². The zero-order valence-electron chi connectivity index (χ0n) is 17.7. The van der Waals surface area contributed by atoms with Gasteiger partial charge in [-0.15, -0.1) is 0 Å². The molecule has 0 spiro atoms. The summed E-state index contributed by atoms with van der Waals surface area (Å²) in [5.41, 5.74) is 5.97. The van der Waals surface area contributed by atoms with Crippen LogP contribution in [0.4, 0.5) is 23.1 Å². The van der Waals surface area contributed by atoms with E-state index in [1.165, 1.54) is 16.7 Å². The fourth-order valence-corrected chi connectivity index (χ4v) is 4.11. The molecular formula is C25H27N5O.